The van der Waals surface area contributed by atoms with Gasteiger partial charge in [-0.2, -0.15) is 0 Å². The van der Waals surface area contributed by atoms with E-state index in [9.17, 15) is 9.59 Å². The fourth-order valence-electron chi connectivity index (χ4n) is 3.12. The fraction of sp³-hybridized carbons (Fsp3) is 0.143. The van der Waals surface area contributed by atoms with Gasteiger partial charge in [0.1, 0.15) is 5.75 Å². The highest BCUT2D eigenvalue weighted by Gasteiger charge is 2.34. The monoisotopic (exact) mass is 362 g/mol. The van der Waals surface area contributed by atoms with Crippen molar-refractivity contribution in [3.05, 3.63) is 78.6 Å². The van der Waals surface area contributed by atoms with E-state index in [0.29, 0.717) is 17.0 Å². The van der Waals surface area contributed by atoms with Crippen LogP contribution in [0.1, 0.15) is 10.4 Å². The van der Waals surface area contributed by atoms with Crippen LogP contribution >= 0.6 is 0 Å². The third-order valence-corrected chi connectivity index (χ3v) is 4.50. The molecule has 3 aromatic rings. The zero-order valence-corrected chi connectivity index (χ0v) is 14.7. The van der Waals surface area contributed by atoms with Gasteiger partial charge in [-0.3, -0.25) is 4.79 Å². The number of fused-ring (bicyclic) bond motifs is 1. The molecule has 2 aromatic carbocycles. The summed E-state index contributed by atoms with van der Waals surface area (Å²) < 4.78 is 12.5. The van der Waals surface area contributed by atoms with Crippen LogP contribution in [0.25, 0.3) is 5.69 Å². The molecule has 2 heterocycles. The number of amides is 1. The second kappa shape index (κ2) is 6.99. The normalized spacial score (nSPS) is 15.6. The molecule has 1 atom stereocenters. The number of aromatic nitrogens is 1. The van der Waals surface area contributed by atoms with Crippen LogP contribution in [-0.4, -0.2) is 36.2 Å². The first-order valence-electron chi connectivity index (χ1n) is 8.56. The Morgan fingerprint density at radius 3 is 2.41 bits per heavy atom. The average molecular weight is 362 g/mol. The highest BCUT2D eigenvalue weighted by atomic mass is 16.6. The number of hydrogen-bond donors (Lipinski definition) is 0. The molecule has 6 heteroatoms. The Morgan fingerprint density at radius 2 is 1.70 bits per heavy atom. The Morgan fingerprint density at radius 1 is 1.00 bits per heavy atom. The van der Waals surface area contributed by atoms with E-state index in [1.165, 1.54) is 7.11 Å². The van der Waals surface area contributed by atoms with E-state index in [4.69, 9.17) is 9.47 Å². The van der Waals surface area contributed by atoms with Crippen LogP contribution in [0.3, 0.4) is 0 Å². The molecule has 0 bridgehead atoms. The van der Waals surface area contributed by atoms with Crippen molar-refractivity contribution in [3.63, 3.8) is 0 Å². The van der Waals surface area contributed by atoms with Crippen molar-refractivity contribution in [1.82, 2.24) is 4.57 Å². The van der Waals surface area contributed by atoms with E-state index in [1.54, 1.807) is 35.2 Å². The molecule has 0 spiro atoms. The number of para-hydroxylation sites is 2. The lowest BCUT2D eigenvalue weighted by Crippen LogP contribution is -2.47. The van der Waals surface area contributed by atoms with Crippen LogP contribution < -0.4 is 9.64 Å². The molecule has 1 aliphatic heterocycles. The minimum Gasteiger partial charge on any atom is -0.475 e. The molecule has 0 unspecified atom stereocenters. The zero-order valence-electron chi connectivity index (χ0n) is 14.7. The third-order valence-electron chi connectivity index (χ3n) is 4.50. The predicted molar refractivity (Wildman–Crippen MR) is 100 cm³/mol. The van der Waals surface area contributed by atoms with Gasteiger partial charge < -0.3 is 18.9 Å². The molecular weight excluding hydrogens is 344 g/mol. The van der Waals surface area contributed by atoms with Crippen LogP contribution in [0.4, 0.5) is 5.69 Å². The van der Waals surface area contributed by atoms with E-state index in [0.717, 1.165) is 5.69 Å². The Kier molecular flexibility index (Phi) is 4.38. The highest BCUT2D eigenvalue weighted by molar-refractivity contribution is 6.07. The predicted octanol–water partition coefficient (Wildman–Crippen LogP) is 3.06. The number of rotatable bonds is 3. The number of carbonyl (C=O) groups is 2. The highest BCUT2D eigenvalue weighted by Crippen LogP contribution is 2.34. The van der Waals surface area contributed by atoms with Crippen LogP contribution in [0.15, 0.2) is 73.1 Å². The van der Waals surface area contributed by atoms with Gasteiger partial charge in [-0.25, -0.2) is 4.79 Å². The molecule has 1 aromatic heterocycles. The van der Waals surface area contributed by atoms with Crippen molar-refractivity contribution in [1.29, 1.82) is 0 Å². The molecule has 4 rings (SSSR count). The largest absolute Gasteiger partial charge is 0.475 e. The lowest BCUT2D eigenvalue weighted by Gasteiger charge is -2.33. The zero-order chi connectivity index (χ0) is 18.8. The Bertz CT molecular complexity index is 964. The van der Waals surface area contributed by atoms with Crippen molar-refractivity contribution in [2.24, 2.45) is 0 Å². The Labute approximate surface area is 156 Å². The molecule has 0 aliphatic carbocycles. The van der Waals surface area contributed by atoms with E-state index >= 15 is 0 Å². The molecule has 136 valence electrons. The number of methoxy groups -OCH3 is 1. The van der Waals surface area contributed by atoms with Gasteiger partial charge in [0.2, 0.25) is 6.10 Å². The summed E-state index contributed by atoms with van der Waals surface area (Å²) in [5.41, 5.74) is 2.13. The molecule has 0 saturated heterocycles. The third kappa shape index (κ3) is 3.17. The molecule has 6 nitrogen and oxygen atoms in total. The van der Waals surface area contributed by atoms with Gasteiger partial charge in [0.25, 0.3) is 5.91 Å². The van der Waals surface area contributed by atoms with Crippen molar-refractivity contribution < 1.29 is 19.1 Å². The minimum atomic E-state index is -0.854. The molecule has 0 N–H and O–H groups in total. The summed E-state index contributed by atoms with van der Waals surface area (Å²) in [5.74, 6) is -0.222. The number of benzene rings is 2. The van der Waals surface area contributed by atoms with E-state index in [-0.39, 0.29) is 12.5 Å². The topological polar surface area (TPSA) is 60.8 Å². The van der Waals surface area contributed by atoms with Gasteiger partial charge in [0, 0.05) is 23.6 Å². The van der Waals surface area contributed by atoms with Crippen molar-refractivity contribution in [2.75, 3.05) is 18.6 Å². The summed E-state index contributed by atoms with van der Waals surface area (Å²) in [4.78, 5) is 26.7. The first-order chi connectivity index (χ1) is 13.2. The summed E-state index contributed by atoms with van der Waals surface area (Å²) in [5, 5.41) is 0. The number of hydrogen-bond acceptors (Lipinski definition) is 4. The SMILES string of the molecule is COC(=O)[C@H]1CN(C(=O)c2ccc(-n3cccc3)cc2)c2ccccc2O1. The maximum atomic E-state index is 13.1. The molecule has 0 radical (unpaired) electrons. The molecule has 1 aliphatic rings. The molecular formula is C21H18N2O4. The smallest absolute Gasteiger partial charge is 0.348 e. The Balaban J connectivity index is 1.64. The maximum Gasteiger partial charge on any atom is 0.348 e. The lowest BCUT2D eigenvalue weighted by atomic mass is 10.1. The Hall–Kier alpha value is -3.54. The molecule has 1 amide bonds. The maximum absolute atomic E-state index is 13.1. The van der Waals surface area contributed by atoms with Crippen molar-refractivity contribution in [2.45, 2.75) is 6.10 Å². The van der Waals surface area contributed by atoms with Gasteiger partial charge in [0.05, 0.1) is 19.3 Å². The molecule has 27 heavy (non-hydrogen) atoms. The standard InChI is InChI=1S/C21H18N2O4/c1-26-21(25)19-14-23(17-6-2-3-7-18(17)27-19)20(24)15-8-10-16(11-9-15)22-12-4-5-13-22/h2-13,19H,14H2,1H3/t19-/m1/s1. The van der Waals surface area contributed by atoms with Crippen LogP contribution in [0.5, 0.6) is 5.75 Å². The van der Waals surface area contributed by atoms with Crippen molar-refractivity contribution >= 4 is 17.6 Å². The number of ether oxygens (including phenoxy) is 2. The van der Waals surface area contributed by atoms with Gasteiger partial charge in [-0.15, -0.1) is 0 Å². The van der Waals surface area contributed by atoms with E-state index in [1.807, 2.05) is 47.3 Å². The molecule has 0 saturated carbocycles. The lowest BCUT2D eigenvalue weighted by molar-refractivity contribution is -0.148. The van der Waals surface area contributed by atoms with E-state index < -0.39 is 12.1 Å². The van der Waals surface area contributed by atoms with Gasteiger partial charge >= 0.3 is 5.97 Å². The van der Waals surface area contributed by atoms with Crippen molar-refractivity contribution in [3.8, 4) is 11.4 Å². The number of nitrogens with zero attached hydrogens (tertiary/aromatic N) is 2. The number of carbonyl (C=O) groups excluding carboxylic acids is 2. The van der Waals surface area contributed by atoms with Gasteiger partial charge in [-0.1, -0.05) is 12.1 Å². The van der Waals surface area contributed by atoms with Gasteiger partial charge in [0.15, 0.2) is 0 Å². The fourth-order valence-corrected chi connectivity index (χ4v) is 3.12. The summed E-state index contributed by atoms with van der Waals surface area (Å²) in [6, 6.07) is 18.4. The average Bonchev–Trinajstić information content (AvgIpc) is 3.27. The first kappa shape index (κ1) is 16.9. The number of esters is 1. The second-order valence-corrected chi connectivity index (χ2v) is 6.15. The van der Waals surface area contributed by atoms with Crippen LogP contribution in [-0.2, 0) is 9.53 Å². The number of anilines is 1. The summed E-state index contributed by atoms with van der Waals surface area (Å²) >= 11 is 0. The summed E-state index contributed by atoms with van der Waals surface area (Å²) in [6.45, 7) is 0.0991. The quantitative estimate of drug-likeness (QED) is 0.672. The van der Waals surface area contributed by atoms with Gasteiger partial charge in [-0.05, 0) is 48.5 Å². The molecule has 0 fully saturated rings. The summed E-state index contributed by atoms with van der Waals surface area (Å²) in [7, 11) is 1.30. The minimum absolute atomic E-state index is 0.0991. The summed E-state index contributed by atoms with van der Waals surface area (Å²) in [6.07, 6.45) is 3.03. The van der Waals surface area contributed by atoms with E-state index in [2.05, 4.69) is 0 Å². The first-order valence-corrected chi connectivity index (χ1v) is 8.56. The van der Waals surface area contributed by atoms with Crippen LogP contribution in [0, 0.1) is 0 Å². The second-order valence-electron chi connectivity index (χ2n) is 6.15. The van der Waals surface area contributed by atoms with Crippen LogP contribution in [0.2, 0.25) is 0 Å².